The van der Waals surface area contributed by atoms with Crippen molar-refractivity contribution in [2.24, 2.45) is 0 Å². The molecule has 0 aliphatic carbocycles. The number of fused-ring (bicyclic) bond motifs is 2. The van der Waals surface area contributed by atoms with Gasteiger partial charge in [0.05, 0.1) is 21.8 Å². The monoisotopic (exact) mass is 445 g/mol. The van der Waals surface area contributed by atoms with Crippen LogP contribution in [0.1, 0.15) is 28.9 Å². The number of benzene rings is 2. The van der Waals surface area contributed by atoms with Crippen molar-refractivity contribution in [3.63, 3.8) is 0 Å². The molecule has 0 radical (unpaired) electrons. The van der Waals surface area contributed by atoms with Crippen molar-refractivity contribution in [1.82, 2.24) is 20.3 Å². The maximum atomic E-state index is 13.5. The van der Waals surface area contributed by atoms with E-state index in [1.165, 1.54) is 12.1 Å². The van der Waals surface area contributed by atoms with Gasteiger partial charge in [-0.15, -0.1) is 0 Å². The number of thiazole rings is 1. The minimum absolute atomic E-state index is 0.247. The highest BCUT2D eigenvalue weighted by Crippen LogP contribution is 2.31. The molecule has 32 heavy (non-hydrogen) atoms. The Kier molecular flexibility index (Phi) is 5.07. The Hall–Kier alpha value is -3.78. The van der Waals surface area contributed by atoms with Gasteiger partial charge in [-0.05, 0) is 48.4 Å². The number of anilines is 1. The molecule has 0 bridgehead atoms. The van der Waals surface area contributed by atoms with Gasteiger partial charge in [0, 0.05) is 30.4 Å². The van der Waals surface area contributed by atoms with Crippen molar-refractivity contribution in [3.8, 4) is 11.1 Å². The number of hydrogen-bond donors (Lipinski definition) is 3. The molecule has 1 amide bonds. The number of halogens is 1. The van der Waals surface area contributed by atoms with Gasteiger partial charge in [0.1, 0.15) is 11.5 Å². The van der Waals surface area contributed by atoms with Crippen molar-refractivity contribution in [2.45, 2.75) is 13.0 Å². The van der Waals surface area contributed by atoms with Crippen LogP contribution in [-0.4, -0.2) is 27.9 Å². The fourth-order valence-electron chi connectivity index (χ4n) is 3.69. The molecule has 2 aromatic carbocycles. The topological polar surface area (TPSA) is 82.7 Å². The Morgan fingerprint density at radius 2 is 2.03 bits per heavy atom. The summed E-state index contributed by atoms with van der Waals surface area (Å²) in [5.74, 6) is -0.576. The predicted octanol–water partition coefficient (Wildman–Crippen LogP) is 5.51. The summed E-state index contributed by atoms with van der Waals surface area (Å²) in [7, 11) is 1.85. The Morgan fingerprint density at radius 1 is 1.16 bits per heavy atom. The van der Waals surface area contributed by atoms with Gasteiger partial charge in [-0.1, -0.05) is 29.5 Å². The van der Waals surface area contributed by atoms with E-state index in [9.17, 15) is 9.18 Å². The fraction of sp³-hybridized carbons (Fsp3) is 0.125. The molecular formula is C24H20FN5OS. The van der Waals surface area contributed by atoms with E-state index in [1.807, 2.05) is 32.2 Å². The maximum absolute atomic E-state index is 13.5. The Morgan fingerprint density at radius 3 is 2.84 bits per heavy atom. The lowest BCUT2D eigenvalue weighted by Gasteiger charge is -2.14. The standard InChI is InChI=1S/C24H20FN5OS/c1-13(14-4-3-5-17(25)8-14)29-23(31)19-12-28-22-18(19)9-16(11-27-22)15-6-7-20-21(10-15)32-24(26-2)30-20/h3-13H,1-2H3,(H,26,30)(H,27,28)(H,29,31). The van der Waals surface area contributed by atoms with Crippen LogP contribution in [0.4, 0.5) is 9.52 Å². The molecule has 5 aromatic rings. The van der Waals surface area contributed by atoms with E-state index in [0.717, 1.165) is 31.9 Å². The Balaban J connectivity index is 1.46. The first-order valence-corrected chi connectivity index (χ1v) is 11.0. The Bertz CT molecular complexity index is 1460. The fourth-order valence-corrected chi connectivity index (χ4v) is 4.55. The summed E-state index contributed by atoms with van der Waals surface area (Å²) in [5, 5.41) is 7.61. The van der Waals surface area contributed by atoms with Crippen LogP contribution >= 0.6 is 11.3 Å². The van der Waals surface area contributed by atoms with E-state index in [0.29, 0.717) is 16.8 Å². The van der Waals surface area contributed by atoms with Crippen LogP contribution in [-0.2, 0) is 0 Å². The van der Waals surface area contributed by atoms with Gasteiger partial charge in [-0.25, -0.2) is 14.4 Å². The van der Waals surface area contributed by atoms with E-state index in [2.05, 4.69) is 31.7 Å². The second-order valence-electron chi connectivity index (χ2n) is 7.52. The maximum Gasteiger partial charge on any atom is 0.253 e. The zero-order valence-corrected chi connectivity index (χ0v) is 18.3. The van der Waals surface area contributed by atoms with E-state index < -0.39 is 0 Å². The summed E-state index contributed by atoms with van der Waals surface area (Å²) >= 11 is 1.59. The zero-order chi connectivity index (χ0) is 22.2. The third-order valence-corrected chi connectivity index (χ3v) is 6.44. The molecule has 6 nitrogen and oxygen atoms in total. The number of amides is 1. The van der Waals surface area contributed by atoms with Gasteiger partial charge >= 0.3 is 0 Å². The van der Waals surface area contributed by atoms with Crippen LogP contribution in [0.25, 0.3) is 32.4 Å². The van der Waals surface area contributed by atoms with Crippen LogP contribution in [0.2, 0.25) is 0 Å². The van der Waals surface area contributed by atoms with Crippen LogP contribution in [0.5, 0.6) is 0 Å². The first-order valence-electron chi connectivity index (χ1n) is 10.1. The molecule has 1 atom stereocenters. The Labute approximate surface area is 187 Å². The van der Waals surface area contributed by atoms with Gasteiger partial charge in [-0.2, -0.15) is 0 Å². The summed E-state index contributed by atoms with van der Waals surface area (Å²) in [6.45, 7) is 1.83. The quantitative estimate of drug-likeness (QED) is 0.333. The van der Waals surface area contributed by atoms with E-state index in [1.54, 1.807) is 35.9 Å². The molecule has 1 unspecified atom stereocenters. The first kappa shape index (κ1) is 20.1. The average Bonchev–Trinajstić information content (AvgIpc) is 3.41. The van der Waals surface area contributed by atoms with Crippen LogP contribution in [0.15, 0.2) is 60.9 Å². The number of pyridine rings is 1. The van der Waals surface area contributed by atoms with Crippen LogP contribution in [0.3, 0.4) is 0 Å². The molecule has 5 rings (SSSR count). The van der Waals surface area contributed by atoms with Gasteiger partial charge in [0.2, 0.25) is 0 Å². The zero-order valence-electron chi connectivity index (χ0n) is 17.4. The number of aromatic nitrogens is 3. The van der Waals surface area contributed by atoms with Gasteiger partial charge in [0.25, 0.3) is 5.91 Å². The number of nitrogens with zero attached hydrogens (tertiary/aromatic N) is 2. The third kappa shape index (κ3) is 3.69. The smallest absolute Gasteiger partial charge is 0.253 e. The predicted molar refractivity (Wildman–Crippen MR) is 127 cm³/mol. The van der Waals surface area contributed by atoms with Crippen LogP contribution in [0, 0.1) is 5.82 Å². The number of carbonyl (C=O) groups excluding carboxylic acids is 1. The van der Waals surface area contributed by atoms with Gasteiger partial charge in [0.15, 0.2) is 5.13 Å². The molecule has 0 spiro atoms. The highest BCUT2D eigenvalue weighted by atomic mass is 32.1. The largest absolute Gasteiger partial charge is 0.365 e. The number of H-pyrrole nitrogens is 1. The number of rotatable bonds is 5. The van der Waals surface area contributed by atoms with Crippen molar-refractivity contribution in [1.29, 1.82) is 0 Å². The molecule has 0 aliphatic rings. The number of carbonyl (C=O) groups is 1. The lowest BCUT2D eigenvalue weighted by atomic mass is 10.0. The van der Waals surface area contributed by atoms with E-state index in [-0.39, 0.29) is 17.8 Å². The van der Waals surface area contributed by atoms with E-state index in [4.69, 9.17) is 0 Å². The second kappa shape index (κ2) is 8.05. The van der Waals surface area contributed by atoms with Crippen molar-refractivity contribution in [3.05, 3.63) is 77.9 Å². The highest BCUT2D eigenvalue weighted by Gasteiger charge is 2.17. The third-order valence-electron chi connectivity index (χ3n) is 5.41. The molecular weight excluding hydrogens is 425 g/mol. The summed E-state index contributed by atoms with van der Waals surface area (Å²) in [5.41, 5.74) is 4.67. The van der Waals surface area contributed by atoms with Gasteiger partial charge < -0.3 is 15.6 Å². The molecule has 0 saturated heterocycles. The highest BCUT2D eigenvalue weighted by molar-refractivity contribution is 7.22. The molecule has 160 valence electrons. The minimum atomic E-state index is -0.339. The number of nitrogens with one attached hydrogen (secondary N) is 3. The minimum Gasteiger partial charge on any atom is -0.365 e. The second-order valence-corrected chi connectivity index (χ2v) is 8.55. The molecule has 0 fully saturated rings. The first-order chi connectivity index (χ1) is 15.5. The molecule has 3 aromatic heterocycles. The van der Waals surface area contributed by atoms with Crippen LogP contribution < -0.4 is 10.6 Å². The molecule has 3 heterocycles. The lowest BCUT2D eigenvalue weighted by molar-refractivity contribution is 0.0941. The van der Waals surface area contributed by atoms with E-state index >= 15 is 0 Å². The molecule has 0 saturated carbocycles. The van der Waals surface area contributed by atoms with Crippen molar-refractivity contribution < 1.29 is 9.18 Å². The van der Waals surface area contributed by atoms with Gasteiger partial charge in [-0.3, -0.25) is 4.79 Å². The summed E-state index contributed by atoms with van der Waals surface area (Å²) < 4.78 is 14.6. The number of aromatic amines is 1. The summed E-state index contributed by atoms with van der Waals surface area (Å²) in [6, 6.07) is 13.9. The lowest BCUT2D eigenvalue weighted by Crippen LogP contribution is -2.26. The molecule has 0 aliphatic heterocycles. The average molecular weight is 446 g/mol. The summed E-state index contributed by atoms with van der Waals surface area (Å²) in [6.07, 6.45) is 3.44. The summed E-state index contributed by atoms with van der Waals surface area (Å²) in [4.78, 5) is 25.1. The molecule has 3 N–H and O–H groups in total. The normalized spacial score (nSPS) is 12.2. The van der Waals surface area contributed by atoms with Crippen molar-refractivity contribution in [2.75, 3.05) is 12.4 Å². The molecule has 8 heteroatoms. The SMILES string of the molecule is CNc1nc2ccc(-c3cnc4[nH]cc(C(=O)NC(C)c5cccc(F)c5)c4c3)cc2s1. The van der Waals surface area contributed by atoms with Crippen molar-refractivity contribution >= 4 is 43.6 Å². The number of hydrogen-bond acceptors (Lipinski definition) is 5.